The fourth-order valence-electron chi connectivity index (χ4n) is 0. The van der Waals surface area contributed by atoms with Crippen molar-refractivity contribution < 1.29 is 75.5 Å². The standard InChI is InChI=1S/C2H4.CH2S.2Ar/c2*1-2;;/h1-2H2;1H2;;. The van der Waals surface area contributed by atoms with Crippen molar-refractivity contribution in [2.45, 2.75) is 0 Å². The average molecular weight is 154 g/mol. The first-order valence-electron chi connectivity index (χ1n) is 0.789. The molecule has 0 nitrogen and oxygen atoms in total. The van der Waals surface area contributed by atoms with Crippen LogP contribution in [0, 0.1) is 75.5 Å². The third-order valence-corrected chi connectivity index (χ3v) is 0. The summed E-state index contributed by atoms with van der Waals surface area (Å²) in [6.07, 6.45) is 0. The fraction of sp³-hybridized carbons (Fsp3) is 0. The minimum atomic E-state index is 0. The first-order valence-corrected chi connectivity index (χ1v) is 1.37. The van der Waals surface area contributed by atoms with Gasteiger partial charge in [-0.3, -0.25) is 0 Å². The van der Waals surface area contributed by atoms with Gasteiger partial charge in [-0.2, -0.15) is 0 Å². The van der Waals surface area contributed by atoms with Gasteiger partial charge >= 0.3 is 0 Å². The maximum absolute atomic E-state index is 3.83. The molecule has 3 heteroatoms. The van der Waals surface area contributed by atoms with Crippen molar-refractivity contribution in [3.8, 4) is 0 Å². The molecule has 0 radical (unpaired) electrons. The van der Waals surface area contributed by atoms with E-state index in [1.807, 2.05) is 0 Å². The Balaban J connectivity index is -0.00000000500. The minimum absolute atomic E-state index is 0. The van der Waals surface area contributed by atoms with Crippen LogP contribution in [0.5, 0.6) is 0 Å². The molecule has 0 fully saturated rings. The Morgan fingerprint density at radius 2 is 0.833 bits per heavy atom. The molecule has 40 valence electrons. The maximum atomic E-state index is 3.83. The first-order chi connectivity index (χ1) is 2.00. The molecule has 0 spiro atoms. The van der Waals surface area contributed by atoms with Crippen LogP contribution < -0.4 is 0 Å². The molecule has 0 unspecified atom stereocenters. The smallest absolute Gasteiger partial charge is 0 e. The van der Waals surface area contributed by atoms with Gasteiger partial charge in [0.1, 0.15) is 0 Å². The van der Waals surface area contributed by atoms with E-state index in [1.165, 1.54) is 0 Å². The third-order valence-electron chi connectivity index (χ3n) is 0. The number of hydrogen-bond acceptors (Lipinski definition) is 1. The monoisotopic (exact) mass is 154 g/mol. The molecule has 0 aliphatic heterocycles. The van der Waals surface area contributed by atoms with Crippen LogP contribution in [0.25, 0.3) is 0 Å². The van der Waals surface area contributed by atoms with E-state index in [-0.39, 0.29) is 75.5 Å². The Hall–Kier alpha value is 2.35. The Labute approximate surface area is 104 Å². The van der Waals surface area contributed by atoms with E-state index in [4.69, 9.17) is 0 Å². The third kappa shape index (κ3) is 32.9. The van der Waals surface area contributed by atoms with Gasteiger partial charge in [0, 0.05) is 75.5 Å². The predicted molar refractivity (Wildman–Crippen MR) is 26.0 cm³/mol. The Morgan fingerprint density at radius 1 is 0.833 bits per heavy atom. The summed E-state index contributed by atoms with van der Waals surface area (Å²) >= 11 is 3.83. The van der Waals surface area contributed by atoms with Gasteiger partial charge in [0.25, 0.3) is 0 Å². The van der Waals surface area contributed by atoms with E-state index in [1.54, 1.807) is 0 Å². The molecular formula is C3H6Ar2S. The van der Waals surface area contributed by atoms with Crippen molar-refractivity contribution in [2.24, 2.45) is 0 Å². The van der Waals surface area contributed by atoms with Crippen LogP contribution in [0.1, 0.15) is 0 Å². The fourth-order valence-corrected chi connectivity index (χ4v) is 0. The van der Waals surface area contributed by atoms with Crippen LogP contribution >= 0.6 is 12.2 Å². The number of hydrogen-bond donors (Lipinski definition) is 0. The van der Waals surface area contributed by atoms with Crippen molar-refractivity contribution in [3.63, 3.8) is 0 Å². The second kappa shape index (κ2) is 53.7. The molecule has 0 heterocycles. The molecule has 0 aromatic carbocycles. The normalized spacial score (nSPS) is 1.33. The zero-order valence-corrected chi connectivity index (χ0v) is 5.47. The summed E-state index contributed by atoms with van der Waals surface area (Å²) in [6.45, 7) is 6.00. The summed E-state index contributed by atoms with van der Waals surface area (Å²) in [4.78, 5) is 0. The van der Waals surface area contributed by atoms with Gasteiger partial charge in [-0.25, -0.2) is 0 Å². The van der Waals surface area contributed by atoms with Gasteiger partial charge in [-0.15, -0.1) is 13.2 Å². The molecule has 0 aromatic heterocycles. The van der Waals surface area contributed by atoms with Gasteiger partial charge in [0.05, 0.1) is 0 Å². The van der Waals surface area contributed by atoms with Crippen LogP contribution in [0.3, 0.4) is 0 Å². The predicted octanol–water partition coefficient (Wildman–Crippen LogP) is 1.42. The van der Waals surface area contributed by atoms with E-state index in [0.717, 1.165) is 0 Å². The van der Waals surface area contributed by atoms with Crippen molar-refractivity contribution in [1.29, 1.82) is 0 Å². The largest absolute Gasteiger partial charge is 0.106 e. The van der Waals surface area contributed by atoms with E-state index in [0.29, 0.717) is 0 Å². The zero-order valence-electron chi connectivity index (χ0n) is 3.24. The van der Waals surface area contributed by atoms with Gasteiger partial charge in [-0.05, 0) is 5.87 Å². The molecule has 0 N–H and O–H groups in total. The van der Waals surface area contributed by atoms with E-state index < -0.39 is 0 Å². The summed E-state index contributed by atoms with van der Waals surface area (Å²) < 4.78 is 0. The summed E-state index contributed by atoms with van der Waals surface area (Å²) in [5.41, 5.74) is 0. The molecule has 0 aromatic rings. The van der Waals surface area contributed by atoms with Gasteiger partial charge in [0.2, 0.25) is 0 Å². The second-order valence-electron chi connectivity index (χ2n) is 0. The molecule has 0 aliphatic rings. The first kappa shape index (κ1) is 23.8. The van der Waals surface area contributed by atoms with Crippen LogP contribution in [-0.2, 0) is 0 Å². The van der Waals surface area contributed by atoms with Crippen LogP contribution in [0.2, 0.25) is 0 Å². The molecule has 0 saturated heterocycles. The van der Waals surface area contributed by atoms with E-state index in [2.05, 4.69) is 31.2 Å². The molecule has 0 bridgehead atoms. The average Bonchev–Trinajstić information content (AvgIpc) is 1.50. The van der Waals surface area contributed by atoms with Crippen molar-refractivity contribution >= 4 is 18.1 Å². The SMILES string of the molecule is C=C.C=S.[Ar].[Ar]. The summed E-state index contributed by atoms with van der Waals surface area (Å²) in [6, 6.07) is 0. The van der Waals surface area contributed by atoms with Gasteiger partial charge in [-0.1, -0.05) is 12.2 Å². The molecule has 0 saturated carbocycles. The Morgan fingerprint density at radius 3 is 0.833 bits per heavy atom. The van der Waals surface area contributed by atoms with Crippen molar-refractivity contribution in [1.82, 2.24) is 0 Å². The van der Waals surface area contributed by atoms with Crippen molar-refractivity contribution in [2.75, 3.05) is 0 Å². The molecule has 0 rings (SSSR count). The molecule has 6 heavy (non-hydrogen) atoms. The van der Waals surface area contributed by atoms with Gasteiger partial charge < -0.3 is 0 Å². The Bertz CT molecular complexity index is 10.8. The number of rotatable bonds is 0. The number of thiocarbonyl (C=S) groups is 1. The van der Waals surface area contributed by atoms with Crippen LogP contribution in [0.4, 0.5) is 0 Å². The van der Waals surface area contributed by atoms with E-state index in [9.17, 15) is 0 Å². The topological polar surface area (TPSA) is 0 Å². The van der Waals surface area contributed by atoms with Crippen LogP contribution in [0.15, 0.2) is 13.2 Å². The quantitative estimate of drug-likeness (QED) is 0.375. The summed E-state index contributed by atoms with van der Waals surface area (Å²) in [5.74, 6) is 2.83. The summed E-state index contributed by atoms with van der Waals surface area (Å²) in [5, 5.41) is 0. The zero-order chi connectivity index (χ0) is 4.00. The molecule has 0 atom stereocenters. The molecular weight excluding hydrogens is 148 g/mol. The summed E-state index contributed by atoms with van der Waals surface area (Å²) in [7, 11) is 0. The Kier molecular flexibility index (Phi) is 213. The van der Waals surface area contributed by atoms with Crippen LogP contribution in [-0.4, -0.2) is 5.87 Å². The van der Waals surface area contributed by atoms with E-state index >= 15 is 0 Å². The van der Waals surface area contributed by atoms with Gasteiger partial charge in [0.15, 0.2) is 0 Å². The molecule has 0 aliphatic carbocycles. The molecule has 0 amide bonds. The van der Waals surface area contributed by atoms with Crippen molar-refractivity contribution in [3.05, 3.63) is 13.2 Å². The maximum Gasteiger partial charge on any atom is 0 e. The minimum Gasteiger partial charge on any atom is -0.106 e. The second-order valence-corrected chi connectivity index (χ2v) is 0.